The topological polar surface area (TPSA) is 46.4 Å². The van der Waals surface area contributed by atoms with E-state index in [4.69, 9.17) is 0 Å². The van der Waals surface area contributed by atoms with Gasteiger partial charge in [0.25, 0.3) is 0 Å². The number of benzene rings is 1. The molecule has 0 amide bonds. The summed E-state index contributed by atoms with van der Waals surface area (Å²) >= 11 is 0. The van der Waals surface area contributed by atoms with Crippen molar-refractivity contribution in [3.8, 4) is 0 Å². The minimum Gasteiger partial charge on any atom is -0.292 e. The van der Waals surface area contributed by atoms with Crippen LogP contribution >= 0.6 is 0 Å². The first-order valence-corrected chi connectivity index (χ1v) is 8.29. The molecule has 1 aliphatic heterocycles. The van der Waals surface area contributed by atoms with Crippen molar-refractivity contribution >= 4 is 0 Å². The molecule has 0 radical (unpaired) electrons. The summed E-state index contributed by atoms with van der Waals surface area (Å²) in [5.74, 6) is 0.274. The third-order valence-corrected chi connectivity index (χ3v) is 5.10. The van der Waals surface area contributed by atoms with Crippen molar-refractivity contribution in [1.29, 1.82) is 0 Å². The molecule has 1 aromatic carbocycles. The molecular weight excluding hydrogens is 288 g/mol. The quantitative estimate of drug-likeness (QED) is 0.482. The summed E-state index contributed by atoms with van der Waals surface area (Å²) in [7, 11) is 0. The molecule has 1 aliphatic carbocycles. The van der Waals surface area contributed by atoms with Gasteiger partial charge in [0.05, 0.1) is 0 Å². The predicted molar refractivity (Wildman–Crippen MR) is 91.7 cm³/mol. The monoisotopic (exact) mass is 312 g/mol. The van der Waals surface area contributed by atoms with E-state index in [1.54, 1.807) is 0 Å². The van der Waals surface area contributed by atoms with Gasteiger partial charge in [-0.2, -0.15) is 0 Å². The molecule has 3 rings (SSSR count). The SMILES string of the molecule is CC(C)=C1CN(Cc2ccccc2)C2CC=C(C[N+](=O)[O-])C1C2. The summed E-state index contributed by atoms with van der Waals surface area (Å²) in [6.45, 7) is 6.14. The molecule has 2 atom stereocenters. The Morgan fingerprint density at radius 3 is 2.70 bits per heavy atom. The molecule has 4 heteroatoms. The molecule has 0 aromatic heterocycles. The highest BCUT2D eigenvalue weighted by molar-refractivity contribution is 5.32. The second-order valence-corrected chi connectivity index (χ2v) is 6.86. The lowest BCUT2D eigenvalue weighted by Gasteiger charge is -2.44. The van der Waals surface area contributed by atoms with Crippen LogP contribution in [-0.2, 0) is 6.54 Å². The lowest BCUT2D eigenvalue weighted by molar-refractivity contribution is -0.471. The van der Waals surface area contributed by atoms with Crippen LogP contribution < -0.4 is 0 Å². The fourth-order valence-corrected chi connectivity index (χ4v) is 3.90. The number of rotatable bonds is 4. The Hall–Kier alpha value is -1.94. The molecule has 2 aliphatic rings. The van der Waals surface area contributed by atoms with Gasteiger partial charge in [-0.3, -0.25) is 15.0 Å². The van der Waals surface area contributed by atoms with Gasteiger partial charge in [0.1, 0.15) is 0 Å². The lowest BCUT2D eigenvalue weighted by Crippen LogP contribution is -2.46. The van der Waals surface area contributed by atoms with E-state index in [1.165, 1.54) is 16.7 Å². The second kappa shape index (κ2) is 6.67. The van der Waals surface area contributed by atoms with Gasteiger partial charge in [-0.1, -0.05) is 47.6 Å². The summed E-state index contributed by atoms with van der Waals surface area (Å²) < 4.78 is 0. The van der Waals surface area contributed by atoms with Crippen molar-refractivity contribution < 1.29 is 4.92 Å². The van der Waals surface area contributed by atoms with E-state index < -0.39 is 0 Å². The van der Waals surface area contributed by atoms with Gasteiger partial charge >= 0.3 is 0 Å². The fourth-order valence-electron chi connectivity index (χ4n) is 3.90. The largest absolute Gasteiger partial charge is 0.292 e. The van der Waals surface area contributed by atoms with Gasteiger partial charge in [0, 0.05) is 35.5 Å². The highest BCUT2D eigenvalue weighted by atomic mass is 16.6. The maximum atomic E-state index is 10.9. The predicted octanol–water partition coefficient (Wildman–Crippen LogP) is 3.82. The van der Waals surface area contributed by atoms with Crippen LogP contribution in [0.15, 0.2) is 53.1 Å². The number of hydrogen-bond acceptors (Lipinski definition) is 3. The number of piperidine rings is 1. The average Bonchev–Trinajstić information content (AvgIpc) is 2.52. The Labute approximate surface area is 137 Å². The van der Waals surface area contributed by atoms with Gasteiger partial charge in [0.2, 0.25) is 6.54 Å². The highest BCUT2D eigenvalue weighted by Gasteiger charge is 2.37. The molecule has 0 spiro atoms. The third-order valence-electron chi connectivity index (χ3n) is 5.10. The first kappa shape index (κ1) is 15.9. The standard InChI is InChI=1S/C19H24N2O2/c1-14(2)19-13-20(11-15-6-4-3-5-7-15)17-9-8-16(12-21(22)23)18(19)10-17/h3-8,17-18H,9-13H2,1-2H3. The molecule has 4 nitrogen and oxygen atoms in total. The van der Waals surface area contributed by atoms with Gasteiger partial charge in [-0.05, 0) is 32.3 Å². The maximum Gasteiger partial charge on any atom is 0.225 e. The van der Waals surface area contributed by atoms with E-state index in [1.807, 2.05) is 6.07 Å². The minimum atomic E-state index is -0.189. The molecule has 1 fully saturated rings. The minimum absolute atomic E-state index is 0.00709. The van der Waals surface area contributed by atoms with Crippen molar-refractivity contribution in [3.05, 3.63) is 68.8 Å². The Bertz CT molecular complexity index is 645. The number of hydrogen-bond donors (Lipinski definition) is 0. The summed E-state index contributed by atoms with van der Waals surface area (Å²) in [5, 5.41) is 10.9. The first-order valence-electron chi connectivity index (χ1n) is 8.29. The number of nitrogens with zero attached hydrogens (tertiary/aromatic N) is 2. The van der Waals surface area contributed by atoms with E-state index >= 15 is 0 Å². The van der Waals surface area contributed by atoms with Crippen molar-refractivity contribution in [2.75, 3.05) is 13.1 Å². The number of likely N-dealkylation sites (tertiary alicyclic amines) is 1. The smallest absolute Gasteiger partial charge is 0.225 e. The van der Waals surface area contributed by atoms with E-state index in [2.05, 4.69) is 49.1 Å². The summed E-state index contributed by atoms with van der Waals surface area (Å²) in [6.07, 6.45) is 4.08. The van der Waals surface area contributed by atoms with Crippen molar-refractivity contribution in [3.63, 3.8) is 0 Å². The van der Waals surface area contributed by atoms with Crippen molar-refractivity contribution in [1.82, 2.24) is 4.90 Å². The van der Waals surface area contributed by atoms with Crippen LogP contribution in [0.2, 0.25) is 0 Å². The van der Waals surface area contributed by atoms with E-state index in [9.17, 15) is 10.1 Å². The van der Waals surface area contributed by atoms with Crippen molar-refractivity contribution in [2.45, 2.75) is 39.3 Å². The first-order chi connectivity index (χ1) is 11.0. The van der Waals surface area contributed by atoms with Crippen LogP contribution in [0.1, 0.15) is 32.3 Å². The Morgan fingerprint density at radius 1 is 1.30 bits per heavy atom. The van der Waals surface area contributed by atoms with Gasteiger partial charge < -0.3 is 0 Å². The third kappa shape index (κ3) is 3.53. The molecular formula is C19H24N2O2. The Morgan fingerprint density at radius 2 is 2.04 bits per heavy atom. The van der Waals surface area contributed by atoms with Crippen LogP contribution in [0.5, 0.6) is 0 Å². The van der Waals surface area contributed by atoms with E-state index in [-0.39, 0.29) is 17.4 Å². The zero-order valence-corrected chi connectivity index (χ0v) is 13.9. The van der Waals surface area contributed by atoms with Crippen LogP contribution in [0.3, 0.4) is 0 Å². The number of nitro groups is 1. The average molecular weight is 312 g/mol. The number of fused-ring (bicyclic) bond motifs is 2. The summed E-state index contributed by atoms with van der Waals surface area (Å²) in [4.78, 5) is 13.3. The second-order valence-electron chi connectivity index (χ2n) is 6.86. The molecule has 23 heavy (non-hydrogen) atoms. The highest BCUT2D eigenvalue weighted by Crippen LogP contribution is 2.40. The Kier molecular flexibility index (Phi) is 4.62. The maximum absolute atomic E-state index is 10.9. The van der Waals surface area contributed by atoms with Crippen LogP contribution in [0.4, 0.5) is 0 Å². The normalized spacial score (nSPS) is 24.3. The van der Waals surface area contributed by atoms with Crippen LogP contribution in [0.25, 0.3) is 0 Å². The zero-order valence-electron chi connectivity index (χ0n) is 13.9. The molecule has 0 N–H and O–H groups in total. The summed E-state index contributed by atoms with van der Waals surface area (Å²) in [5.41, 5.74) is 5.04. The van der Waals surface area contributed by atoms with Crippen molar-refractivity contribution in [2.24, 2.45) is 5.92 Å². The Balaban J connectivity index is 1.84. The molecule has 122 valence electrons. The van der Waals surface area contributed by atoms with Gasteiger partial charge in [-0.15, -0.1) is 0 Å². The summed E-state index contributed by atoms with van der Waals surface area (Å²) in [6, 6.07) is 11.1. The fraction of sp³-hybridized carbons (Fsp3) is 0.474. The lowest BCUT2D eigenvalue weighted by atomic mass is 9.74. The zero-order chi connectivity index (χ0) is 16.4. The molecule has 2 unspecified atom stereocenters. The van der Waals surface area contributed by atoms with E-state index in [0.717, 1.165) is 31.5 Å². The van der Waals surface area contributed by atoms with Gasteiger partial charge in [-0.25, -0.2) is 0 Å². The van der Waals surface area contributed by atoms with Crippen LogP contribution in [0, 0.1) is 16.0 Å². The number of allylic oxidation sites excluding steroid dienone is 1. The molecule has 1 saturated heterocycles. The molecule has 2 bridgehead atoms. The molecule has 0 saturated carbocycles. The van der Waals surface area contributed by atoms with E-state index in [0.29, 0.717) is 6.04 Å². The van der Waals surface area contributed by atoms with Gasteiger partial charge in [0.15, 0.2) is 0 Å². The molecule has 1 aromatic rings. The molecule has 1 heterocycles. The van der Waals surface area contributed by atoms with Crippen LogP contribution in [-0.4, -0.2) is 29.0 Å².